The third-order valence-electron chi connectivity index (χ3n) is 4.14. The minimum absolute atomic E-state index is 1.14. The van der Waals surface area contributed by atoms with E-state index >= 15 is 0 Å². The SMILES string of the molecule is C=C(/C=C\C=C/C)S(I)(c1ccccc1)c1ccc(Sc2ccccc2)cc1. The van der Waals surface area contributed by atoms with Crippen LogP contribution in [0.3, 0.4) is 0 Å². The molecule has 3 rings (SSSR count). The van der Waals surface area contributed by atoms with Crippen LogP contribution in [0.5, 0.6) is 0 Å². The third-order valence-corrected chi connectivity index (χ3v) is 12.6. The van der Waals surface area contributed by atoms with Gasteiger partial charge in [0.1, 0.15) is 0 Å². The van der Waals surface area contributed by atoms with E-state index in [2.05, 4.69) is 119 Å². The van der Waals surface area contributed by atoms with Crippen LogP contribution < -0.4 is 0 Å². The van der Waals surface area contributed by atoms with Gasteiger partial charge < -0.3 is 0 Å². The van der Waals surface area contributed by atoms with Crippen LogP contribution in [0.4, 0.5) is 0 Å². The van der Waals surface area contributed by atoms with Gasteiger partial charge in [0.15, 0.2) is 0 Å². The fourth-order valence-corrected chi connectivity index (χ4v) is 7.96. The average Bonchev–Trinajstić information content (AvgIpc) is 2.75. The highest BCUT2D eigenvalue weighted by Crippen LogP contribution is 2.74. The number of benzene rings is 3. The molecule has 0 aliphatic rings. The lowest BCUT2D eigenvalue weighted by Crippen LogP contribution is -1.96. The van der Waals surface area contributed by atoms with Crippen molar-refractivity contribution in [3.63, 3.8) is 0 Å². The van der Waals surface area contributed by atoms with Gasteiger partial charge in [0.25, 0.3) is 0 Å². The molecule has 142 valence electrons. The summed E-state index contributed by atoms with van der Waals surface area (Å²) >= 11 is 4.41. The summed E-state index contributed by atoms with van der Waals surface area (Å²) in [5.74, 6) is 0. The summed E-state index contributed by atoms with van der Waals surface area (Å²) in [6.45, 7) is 6.47. The van der Waals surface area contributed by atoms with Crippen LogP contribution in [0, 0.1) is 0 Å². The Balaban J connectivity index is 1.95. The highest BCUT2D eigenvalue weighted by molar-refractivity contribution is 14.2. The zero-order valence-electron chi connectivity index (χ0n) is 15.8. The molecule has 0 amide bonds. The summed E-state index contributed by atoms with van der Waals surface area (Å²) < 4.78 is 0. The Bertz CT molecular complexity index is 960. The van der Waals surface area contributed by atoms with Gasteiger partial charge in [-0.2, -0.15) is 0 Å². The molecule has 3 heteroatoms. The van der Waals surface area contributed by atoms with Crippen molar-refractivity contribution >= 4 is 40.2 Å². The normalized spacial score (nSPS) is 14.8. The fraction of sp³-hybridized carbons (Fsp3) is 0.0400. The van der Waals surface area contributed by atoms with Gasteiger partial charge in [0.2, 0.25) is 0 Å². The highest BCUT2D eigenvalue weighted by atomic mass is 127. The van der Waals surface area contributed by atoms with E-state index in [0.717, 1.165) is 4.91 Å². The first kappa shape index (κ1) is 21.0. The molecule has 0 fully saturated rings. The molecule has 0 nitrogen and oxygen atoms in total. The molecule has 0 spiro atoms. The Morgan fingerprint density at radius 3 is 1.93 bits per heavy atom. The number of hydrogen-bond acceptors (Lipinski definition) is 1. The molecular formula is C25H23IS2. The van der Waals surface area contributed by atoms with Crippen LogP contribution in [0.1, 0.15) is 6.92 Å². The van der Waals surface area contributed by atoms with Crippen LogP contribution in [-0.4, -0.2) is 0 Å². The maximum Gasteiger partial charge on any atom is 0.0123 e. The standard InChI is InChI=1S/C25H23IS2/c1-3-4-7-12-21(2)28(26,24-15-10-6-11-16-24)25-19-17-23(18-20-25)27-22-13-8-5-9-14-22/h3-20H,2H2,1H3/b4-3-,12-7-. The van der Waals surface area contributed by atoms with E-state index in [-0.39, 0.29) is 0 Å². The molecule has 28 heavy (non-hydrogen) atoms. The van der Waals surface area contributed by atoms with Crippen molar-refractivity contribution in [2.24, 2.45) is 0 Å². The van der Waals surface area contributed by atoms with Gasteiger partial charge in [-0.3, -0.25) is 0 Å². The summed E-state index contributed by atoms with van der Waals surface area (Å²) in [6, 6.07) is 30.2. The van der Waals surface area contributed by atoms with Crippen molar-refractivity contribution < 1.29 is 0 Å². The second-order valence-corrected chi connectivity index (χ2v) is 13.7. The predicted molar refractivity (Wildman–Crippen MR) is 135 cm³/mol. The van der Waals surface area contributed by atoms with Crippen LogP contribution in [-0.2, 0) is 0 Å². The highest BCUT2D eigenvalue weighted by Gasteiger charge is 2.27. The third kappa shape index (κ3) is 5.02. The second-order valence-electron chi connectivity index (χ2n) is 6.09. The van der Waals surface area contributed by atoms with Gasteiger partial charge in [-0.1, -0.05) is 73.0 Å². The maximum atomic E-state index is 4.45. The second kappa shape index (κ2) is 10.2. The van der Waals surface area contributed by atoms with Crippen molar-refractivity contribution in [1.29, 1.82) is 0 Å². The molecule has 3 aromatic carbocycles. The fourth-order valence-electron chi connectivity index (χ4n) is 2.73. The maximum absolute atomic E-state index is 4.45. The van der Waals surface area contributed by atoms with Gasteiger partial charge in [-0.25, -0.2) is 0 Å². The first-order valence-electron chi connectivity index (χ1n) is 9.04. The van der Waals surface area contributed by atoms with Crippen LogP contribution in [0.15, 0.2) is 140 Å². The average molecular weight is 514 g/mol. The molecule has 0 saturated heterocycles. The molecule has 0 radical (unpaired) electrons. The predicted octanol–water partition coefficient (Wildman–Crippen LogP) is 9.06. The number of hydrogen-bond donors (Lipinski definition) is 0. The van der Waals surface area contributed by atoms with E-state index < -0.39 is 7.20 Å². The monoisotopic (exact) mass is 514 g/mol. The van der Waals surface area contributed by atoms with E-state index in [1.807, 2.05) is 25.1 Å². The molecule has 1 atom stereocenters. The van der Waals surface area contributed by atoms with E-state index in [1.165, 1.54) is 19.6 Å². The van der Waals surface area contributed by atoms with Gasteiger partial charge in [-0.15, -0.1) is 7.20 Å². The van der Waals surface area contributed by atoms with Gasteiger partial charge >= 0.3 is 0 Å². The zero-order valence-corrected chi connectivity index (χ0v) is 19.6. The van der Waals surface area contributed by atoms with Gasteiger partial charge in [0, 0.05) is 19.6 Å². The summed E-state index contributed by atoms with van der Waals surface area (Å²) in [7, 11) is -1.40. The van der Waals surface area contributed by atoms with Crippen molar-refractivity contribution in [2.75, 3.05) is 0 Å². The topological polar surface area (TPSA) is 0 Å². The molecule has 0 bridgehead atoms. The summed E-state index contributed by atoms with van der Waals surface area (Å²) in [5, 5.41) is 0. The molecule has 1 unspecified atom stereocenters. The molecule has 0 aliphatic carbocycles. The first-order chi connectivity index (χ1) is 13.6. The van der Waals surface area contributed by atoms with Gasteiger partial charge in [-0.05, 0) is 87.6 Å². The quantitative estimate of drug-likeness (QED) is 0.224. The Morgan fingerprint density at radius 1 is 0.786 bits per heavy atom. The van der Waals surface area contributed by atoms with Crippen LogP contribution in [0.25, 0.3) is 0 Å². The summed E-state index contributed by atoms with van der Waals surface area (Å²) in [5.41, 5.74) is 0. The molecule has 0 aliphatic heterocycles. The zero-order chi connectivity index (χ0) is 19.8. The smallest absolute Gasteiger partial charge is 0.0123 e. The molecule has 0 aromatic heterocycles. The lowest BCUT2D eigenvalue weighted by molar-refractivity contribution is 1.32. The van der Waals surface area contributed by atoms with E-state index in [9.17, 15) is 0 Å². The van der Waals surface area contributed by atoms with E-state index in [4.69, 9.17) is 0 Å². The Labute approximate surface area is 186 Å². The minimum Gasteiger partial charge on any atom is -0.106 e. The molecule has 0 heterocycles. The number of rotatable bonds is 7. The Morgan fingerprint density at radius 2 is 1.32 bits per heavy atom. The van der Waals surface area contributed by atoms with Crippen LogP contribution >= 0.6 is 40.2 Å². The van der Waals surface area contributed by atoms with E-state index in [1.54, 1.807) is 11.8 Å². The largest absolute Gasteiger partial charge is 0.106 e. The van der Waals surface area contributed by atoms with Crippen molar-refractivity contribution in [3.8, 4) is 0 Å². The number of allylic oxidation sites excluding steroid dienone is 4. The molecular weight excluding hydrogens is 491 g/mol. The summed E-state index contributed by atoms with van der Waals surface area (Å²) in [6.07, 6.45) is 8.30. The number of halogens is 1. The molecule has 3 aromatic rings. The summed E-state index contributed by atoms with van der Waals surface area (Å²) in [4.78, 5) is 6.27. The van der Waals surface area contributed by atoms with Gasteiger partial charge in [0.05, 0.1) is 0 Å². The van der Waals surface area contributed by atoms with Crippen molar-refractivity contribution in [2.45, 2.75) is 26.5 Å². The van der Waals surface area contributed by atoms with Crippen LogP contribution in [0.2, 0.25) is 0 Å². The Hall–Kier alpha value is -1.69. The lowest BCUT2D eigenvalue weighted by Gasteiger charge is -2.35. The molecule has 0 saturated carbocycles. The molecule has 0 N–H and O–H groups in total. The van der Waals surface area contributed by atoms with Crippen molar-refractivity contribution in [1.82, 2.24) is 0 Å². The Kier molecular flexibility index (Phi) is 7.65. The lowest BCUT2D eigenvalue weighted by atomic mass is 10.4. The van der Waals surface area contributed by atoms with Crippen molar-refractivity contribution in [3.05, 3.63) is 121 Å². The minimum atomic E-state index is -1.40. The first-order valence-corrected chi connectivity index (χ1v) is 14.0. The van der Waals surface area contributed by atoms with E-state index in [0.29, 0.717) is 0 Å².